The van der Waals surface area contributed by atoms with Crippen molar-refractivity contribution in [2.75, 3.05) is 5.73 Å². The molecule has 0 saturated carbocycles. The molecule has 1 rings (SSSR count). The van der Waals surface area contributed by atoms with E-state index in [4.69, 9.17) is 22.5 Å². The number of hydrogen-bond acceptors (Lipinski definition) is 3. The number of anilines is 1. The van der Waals surface area contributed by atoms with E-state index in [1.54, 1.807) is 6.92 Å². The molecule has 1 aromatic carbocycles. The van der Waals surface area contributed by atoms with Crippen LogP contribution in [0.15, 0.2) is 12.1 Å². The minimum Gasteiger partial charge on any atom is -0.395 e. The molecule has 1 atom stereocenters. The van der Waals surface area contributed by atoms with E-state index in [9.17, 15) is 12.8 Å². The molecule has 0 aliphatic rings. The smallest absolute Gasteiger partial charge is 0.216 e. The maximum atomic E-state index is 13.0. The topological polar surface area (TPSA) is 86.2 Å². The molecular weight excluding hydrogens is 255 g/mol. The van der Waals surface area contributed by atoms with Crippen LogP contribution < -0.4 is 10.9 Å². The molecule has 0 aliphatic carbocycles. The summed E-state index contributed by atoms with van der Waals surface area (Å²) < 4.78 is 35.6. The Hall–Kier alpha value is -0.850. The van der Waals surface area contributed by atoms with Crippen LogP contribution in [0, 0.1) is 5.82 Å². The molecule has 7 heteroatoms. The highest BCUT2D eigenvalue weighted by molar-refractivity contribution is 7.89. The summed E-state index contributed by atoms with van der Waals surface area (Å²) in [7, 11) is -3.78. The third kappa shape index (κ3) is 2.45. The summed E-state index contributed by atoms with van der Waals surface area (Å²) in [4.78, 5) is 0. The first-order chi connectivity index (χ1) is 7.29. The molecule has 0 fully saturated rings. The fourth-order valence-corrected chi connectivity index (χ4v) is 2.83. The summed E-state index contributed by atoms with van der Waals surface area (Å²) in [6.07, 6.45) is 0.240. The van der Waals surface area contributed by atoms with Gasteiger partial charge in [0.1, 0.15) is 11.1 Å². The highest BCUT2D eigenvalue weighted by Crippen LogP contribution is 2.34. The van der Waals surface area contributed by atoms with Crippen molar-refractivity contribution in [1.82, 2.24) is 0 Å². The molecule has 1 aromatic rings. The van der Waals surface area contributed by atoms with E-state index in [2.05, 4.69) is 0 Å². The lowest BCUT2D eigenvalue weighted by atomic mass is 10.1. The van der Waals surface area contributed by atoms with Crippen LogP contribution in [0.1, 0.15) is 24.2 Å². The number of sulfonamides is 1. The van der Waals surface area contributed by atoms with E-state index in [-0.39, 0.29) is 22.7 Å². The number of rotatable bonds is 3. The molecule has 4 N–H and O–H groups in total. The lowest BCUT2D eigenvalue weighted by molar-refractivity contribution is 0.580. The predicted molar refractivity (Wildman–Crippen MR) is 62.0 cm³/mol. The number of primary sulfonamides is 1. The number of nitrogen functional groups attached to an aromatic ring is 1. The van der Waals surface area contributed by atoms with Gasteiger partial charge in [-0.05, 0) is 18.1 Å². The Morgan fingerprint density at radius 3 is 2.50 bits per heavy atom. The minimum atomic E-state index is -3.78. The fourth-order valence-electron chi connectivity index (χ4n) is 1.46. The number of hydrogen-bond donors (Lipinski definition) is 2. The zero-order valence-corrected chi connectivity index (χ0v) is 10.1. The van der Waals surface area contributed by atoms with Crippen LogP contribution in [0.2, 0.25) is 5.02 Å². The van der Waals surface area contributed by atoms with Gasteiger partial charge in [0.15, 0.2) is 0 Å². The predicted octanol–water partition coefficient (Wildman–Crippen LogP) is 1.80. The van der Waals surface area contributed by atoms with Gasteiger partial charge in [-0.3, -0.25) is 0 Å². The lowest BCUT2D eigenvalue weighted by Gasteiger charge is -2.15. The number of nitrogens with two attached hydrogens (primary N) is 2. The van der Waals surface area contributed by atoms with E-state index >= 15 is 0 Å². The molecule has 90 valence electrons. The maximum absolute atomic E-state index is 13.0. The minimum absolute atomic E-state index is 0.0964. The van der Waals surface area contributed by atoms with Gasteiger partial charge in [0.2, 0.25) is 10.0 Å². The molecule has 0 aliphatic heterocycles. The second kappa shape index (κ2) is 4.57. The van der Waals surface area contributed by atoms with Crippen molar-refractivity contribution in [2.45, 2.75) is 18.6 Å². The molecule has 0 heterocycles. The van der Waals surface area contributed by atoms with Gasteiger partial charge in [-0.1, -0.05) is 24.6 Å². The highest BCUT2D eigenvalue weighted by atomic mass is 35.5. The average molecular weight is 267 g/mol. The van der Waals surface area contributed by atoms with Gasteiger partial charge in [-0.15, -0.1) is 0 Å². The molecule has 0 saturated heterocycles. The van der Waals surface area contributed by atoms with Gasteiger partial charge in [-0.2, -0.15) is 0 Å². The van der Waals surface area contributed by atoms with Gasteiger partial charge in [0.05, 0.1) is 10.7 Å². The zero-order valence-electron chi connectivity index (χ0n) is 8.57. The Bertz CT molecular complexity index is 504. The molecule has 16 heavy (non-hydrogen) atoms. The monoisotopic (exact) mass is 266 g/mol. The molecule has 0 aromatic heterocycles. The van der Waals surface area contributed by atoms with Crippen LogP contribution in [0.4, 0.5) is 10.1 Å². The zero-order chi connectivity index (χ0) is 12.5. The number of benzene rings is 1. The van der Waals surface area contributed by atoms with Crippen molar-refractivity contribution in [2.24, 2.45) is 5.14 Å². The average Bonchev–Trinajstić information content (AvgIpc) is 2.17. The third-order valence-corrected chi connectivity index (χ3v) is 4.07. The maximum Gasteiger partial charge on any atom is 0.216 e. The number of halogens is 2. The summed E-state index contributed by atoms with van der Waals surface area (Å²) in [6.45, 7) is 1.64. The lowest BCUT2D eigenvalue weighted by Crippen LogP contribution is -2.21. The van der Waals surface area contributed by atoms with Crippen molar-refractivity contribution in [3.8, 4) is 0 Å². The van der Waals surface area contributed by atoms with Crippen LogP contribution in [-0.4, -0.2) is 8.42 Å². The van der Waals surface area contributed by atoms with Gasteiger partial charge in [0.25, 0.3) is 0 Å². The molecule has 0 spiro atoms. The van der Waals surface area contributed by atoms with Gasteiger partial charge in [0, 0.05) is 0 Å². The Morgan fingerprint density at radius 2 is 2.06 bits per heavy atom. The van der Waals surface area contributed by atoms with Gasteiger partial charge in [-0.25, -0.2) is 17.9 Å². The van der Waals surface area contributed by atoms with E-state index in [1.807, 2.05) is 0 Å². The van der Waals surface area contributed by atoms with E-state index in [0.717, 1.165) is 6.07 Å². The standard InChI is InChI=1S/C9H12ClFN2O2S/c1-2-7(16(13,14)15)5-3-4-6(11)9(12)8(5)10/h3-4,7H,2,12H2,1H3,(H2,13,14,15). The summed E-state index contributed by atoms with van der Waals surface area (Å²) in [5.74, 6) is -0.682. The van der Waals surface area contributed by atoms with Crippen molar-refractivity contribution in [3.05, 3.63) is 28.5 Å². The largest absolute Gasteiger partial charge is 0.395 e. The molecule has 4 nitrogen and oxygen atoms in total. The summed E-state index contributed by atoms with van der Waals surface area (Å²) >= 11 is 5.79. The van der Waals surface area contributed by atoms with Crippen LogP contribution >= 0.6 is 11.6 Å². The second-order valence-corrected chi connectivity index (χ2v) is 5.48. The summed E-state index contributed by atoms with van der Waals surface area (Å²) in [5.41, 5.74) is 5.34. The molecular formula is C9H12ClFN2O2S. The first kappa shape index (κ1) is 13.2. The molecule has 0 amide bonds. The van der Waals surface area contributed by atoms with E-state index < -0.39 is 21.1 Å². The van der Waals surface area contributed by atoms with Crippen LogP contribution in [0.3, 0.4) is 0 Å². The summed E-state index contributed by atoms with van der Waals surface area (Å²) in [6, 6.07) is 2.36. The van der Waals surface area contributed by atoms with Crippen LogP contribution in [0.5, 0.6) is 0 Å². The fraction of sp³-hybridized carbons (Fsp3) is 0.333. The van der Waals surface area contributed by atoms with Crippen LogP contribution in [-0.2, 0) is 10.0 Å². The van der Waals surface area contributed by atoms with E-state index in [1.165, 1.54) is 6.07 Å². The second-order valence-electron chi connectivity index (χ2n) is 3.35. The Balaban J connectivity index is 3.39. The molecule has 0 radical (unpaired) electrons. The first-order valence-electron chi connectivity index (χ1n) is 4.54. The Labute approximate surface area is 98.4 Å². The third-order valence-electron chi connectivity index (χ3n) is 2.27. The van der Waals surface area contributed by atoms with Crippen molar-refractivity contribution >= 4 is 27.3 Å². The Kier molecular flexibility index (Phi) is 3.77. The van der Waals surface area contributed by atoms with Crippen molar-refractivity contribution in [1.29, 1.82) is 0 Å². The van der Waals surface area contributed by atoms with Gasteiger partial charge >= 0.3 is 0 Å². The molecule has 0 bridgehead atoms. The van der Waals surface area contributed by atoms with E-state index in [0.29, 0.717) is 0 Å². The first-order valence-corrected chi connectivity index (χ1v) is 6.52. The Morgan fingerprint density at radius 1 is 1.50 bits per heavy atom. The quantitative estimate of drug-likeness (QED) is 0.818. The molecule has 1 unspecified atom stereocenters. The normalized spacial score (nSPS) is 13.8. The van der Waals surface area contributed by atoms with Crippen LogP contribution in [0.25, 0.3) is 0 Å². The van der Waals surface area contributed by atoms with Crippen molar-refractivity contribution < 1.29 is 12.8 Å². The summed E-state index contributed by atoms with van der Waals surface area (Å²) in [5, 5.41) is 3.99. The SMILES string of the molecule is CCC(c1ccc(F)c(N)c1Cl)S(N)(=O)=O. The highest BCUT2D eigenvalue weighted by Gasteiger charge is 2.25. The van der Waals surface area contributed by atoms with Gasteiger partial charge < -0.3 is 5.73 Å². The van der Waals surface area contributed by atoms with Crippen molar-refractivity contribution in [3.63, 3.8) is 0 Å².